The van der Waals surface area contributed by atoms with Gasteiger partial charge < -0.3 is 10.4 Å². The molecule has 0 saturated carbocycles. The first kappa shape index (κ1) is 15.9. The third-order valence-electron chi connectivity index (χ3n) is 3.16. The summed E-state index contributed by atoms with van der Waals surface area (Å²) in [5.41, 5.74) is -0.201. The summed E-state index contributed by atoms with van der Waals surface area (Å²) in [5.74, 6) is 0. The van der Waals surface area contributed by atoms with Crippen molar-refractivity contribution in [1.29, 1.82) is 0 Å². The van der Waals surface area contributed by atoms with E-state index in [9.17, 15) is 5.11 Å². The fraction of sp³-hybridized carbons (Fsp3) is 1.00. The van der Waals surface area contributed by atoms with Crippen LogP contribution >= 0.6 is 0 Å². The molecular formula is C13H30N2O. The first-order chi connectivity index (χ1) is 7.38. The molecule has 0 aliphatic carbocycles. The van der Waals surface area contributed by atoms with E-state index in [1.807, 2.05) is 0 Å². The Balaban J connectivity index is 4.47. The highest BCUT2D eigenvalue weighted by Gasteiger charge is 2.27. The zero-order valence-electron chi connectivity index (χ0n) is 11.9. The molecule has 0 bridgehead atoms. The molecule has 3 heteroatoms. The smallest absolute Gasteiger partial charge is 0.0623 e. The Bertz CT molecular complexity index is 185. The van der Waals surface area contributed by atoms with Crippen molar-refractivity contribution in [3.8, 4) is 0 Å². The van der Waals surface area contributed by atoms with E-state index in [4.69, 9.17) is 0 Å². The van der Waals surface area contributed by atoms with Crippen molar-refractivity contribution in [3.05, 3.63) is 0 Å². The lowest BCUT2D eigenvalue weighted by atomic mass is 10.00. The topological polar surface area (TPSA) is 35.5 Å². The van der Waals surface area contributed by atoms with Crippen molar-refractivity contribution in [1.82, 2.24) is 10.2 Å². The van der Waals surface area contributed by atoms with E-state index in [-0.39, 0.29) is 12.1 Å². The molecule has 0 aromatic rings. The molecule has 2 N–H and O–H groups in total. The molecule has 3 nitrogen and oxygen atoms in total. The maximum Gasteiger partial charge on any atom is 0.0623 e. The fourth-order valence-corrected chi connectivity index (χ4v) is 2.12. The van der Waals surface area contributed by atoms with E-state index in [2.05, 4.69) is 51.8 Å². The van der Waals surface area contributed by atoms with Gasteiger partial charge in [-0.25, -0.2) is 0 Å². The lowest BCUT2D eigenvalue weighted by Crippen LogP contribution is -2.57. The minimum Gasteiger partial charge on any atom is -0.394 e. The molecule has 0 aliphatic heterocycles. The number of aliphatic hydroxyl groups excluding tert-OH is 1. The normalized spacial score (nSPS) is 17.8. The van der Waals surface area contributed by atoms with E-state index >= 15 is 0 Å². The Morgan fingerprint density at radius 2 is 1.81 bits per heavy atom. The van der Waals surface area contributed by atoms with Crippen LogP contribution in [0.5, 0.6) is 0 Å². The molecular weight excluding hydrogens is 200 g/mol. The second-order valence-electron chi connectivity index (χ2n) is 5.34. The van der Waals surface area contributed by atoms with E-state index in [1.165, 1.54) is 0 Å². The van der Waals surface area contributed by atoms with Crippen LogP contribution in [-0.2, 0) is 0 Å². The Morgan fingerprint density at radius 3 is 2.12 bits per heavy atom. The molecule has 0 radical (unpaired) electrons. The highest BCUT2D eigenvalue weighted by atomic mass is 16.3. The Hall–Kier alpha value is -0.120. The van der Waals surface area contributed by atoms with Crippen molar-refractivity contribution < 1.29 is 5.11 Å². The molecule has 0 aliphatic rings. The van der Waals surface area contributed by atoms with Crippen LogP contribution < -0.4 is 5.32 Å². The van der Waals surface area contributed by atoms with Gasteiger partial charge in [-0.2, -0.15) is 0 Å². The van der Waals surface area contributed by atoms with Gasteiger partial charge in [-0.1, -0.05) is 27.7 Å². The SMILES string of the molecule is CCC(C)N(CC)CC(C)(CO)NC(C)C. The van der Waals surface area contributed by atoms with Gasteiger partial charge in [0.1, 0.15) is 0 Å². The van der Waals surface area contributed by atoms with Gasteiger partial charge in [0.25, 0.3) is 0 Å². The maximum absolute atomic E-state index is 9.54. The third kappa shape index (κ3) is 5.28. The molecule has 0 heterocycles. The van der Waals surface area contributed by atoms with Crippen molar-refractivity contribution >= 4 is 0 Å². The van der Waals surface area contributed by atoms with Crippen molar-refractivity contribution in [2.24, 2.45) is 0 Å². The van der Waals surface area contributed by atoms with Crippen molar-refractivity contribution in [3.63, 3.8) is 0 Å². The molecule has 0 aromatic heterocycles. The number of aliphatic hydroxyl groups is 1. The second kappa shape index (κ2) is 7.25. The van der Waals surface area contributed by atoms with Crippen molar-refractivity contribution in [2.75, 3.05) is 19.7 Å². The molecule has 0 fully saturated rings. The second-order valence-corrected chi connectivity index (χ2v) is 5.34. The maximum atomic E-state index is 9.54. The van der Waals surface area contributed by atoms with Crippen molar-refractivity contribution in [2.45, 2.75) is 65.6 Å². The number of likely N-dealkylation sites (N-methyl/N-ethyl adjacent to an activating group) is 1. The predicted octanol–water partition coefficient (Wildman–Crippen LogP) is 1.86. The molecule has 16 heavy (non-hydrogen) atoms. The molecule has 98 valence electrons. The fourth-order valence-electron chi connectivity index (χ4n) is 2.12. The Labute approximate surface area is 101 Å². The summed E-state index contributed by atoms with van der Waals surface area (Å²) >= 11 is 0. The molecule has 0 amide bonds. The van der Waals surface area contributed by atoms with Crippen LogP contribution in [0, 0.1) is 0 Å². The average molecular weight is 230 g/mol. The van der Waals surface area contributed by atoms with Crippen LogP contribution in [0.25, 0.3) is 0 Å². The summed E-state index contributed by atoms with van der Waals surface area (Å²) < 4.78 is 0. The summed E-state index contributed by atoms with van der Waals surface area (Å²) in [6, 6.07) is 0.970. The van der Waals surface area contributed by atoms with E-state index < -0.39 is 0 Å². The molecule has 0 aromatic carbocycles. The van der Waals surface area contributed by atoms with E-state index in [0.29, 0.717) is 12.1 Å². The lowest BCUT2D eigenvalue weighted by Gasteiger charge is -2.38. The van der Waals surface area contributed by atoms with Gasteiger partial charge in [0.15, 0.2) is 0 Å². The number of rotatable bonds is 8. The summed E-state index contributed by atoms with van der Waals surface area (Å²) in [6.07, 6.45) is 1.15. The van der Waals surface area contributed by atoms with E-state index in [0.717, 1.165) is 19.5 Å². The summed E-state index contributed by atoms with van der Waals surface area (Å²) in [7, 11) is 0. The van der Waals surface area contributed by atoms with Gasteiger partial charge in [-0.15, -0.1) is 0 Å². The first-order valence-electron chi connectivity index (χ1n) is 6.51. The van der Waals surface area contributed by atoms with Crippen LogP contribution in [0.3, 0.4) is 0 Å². The number of hydrogen-bond acceptors (Lipinski definition) is 3. The van der Waals surface area contributed by atoms with Gasteiger partial charge in [-0.05, 0) is 26.8 Å². The van der Waals surface area contributed by atoms with Crippen LogP contribution in [-0.4, -0.2) is 47.3 Å². The van der Waals surface area contributed by atoms with Gasteiger partial charge in [0.05, 0.1) is 12.1 Å². The third-order valence-corrected chi connectivity index (χ3v) is 3.16. The van der Waals surface area contributed by atoms with Gasteiger partial charge >= 0.3 is 0 Å². The highest BCUT2D eigenvalue weighted by molar-refractivity contribution is 4.88. The largest absolute Gasteiger partial charge is 0.394 e. The average Bonchev–Trinajstić information content (AvgIpc) is 2.24. The first-order valence-corrected chi connectivity index (χ1v) is 6.51. The molecule has 2 atom stereocenters. The minimum atomic E-state index is -0.201. The lowest BCUT2D eigenvalue weighted by molar-refractivity contribution is 0.0952. The summed E-state index contributed by atoms with van der Waals surface area (Å²) in [5, 5.41) is 13.0. The highest BCUT2D eigenvalue weighted by Crippen LogP contribution is 2.12. The number of hydrogen-bond donors (Lipinski definition) is 2. The molecule has 0 spiro atoms. The van der Waals surface area contributed by atoms with Crippen LogP contribution in [0.15, 0.2) is 0 Å². The van der Waals surface area contributed by atoms with Crippen LogP contribution in [0.2, 0.25) is 0 Å². The van der Waals surface area contributed by atoms with Crippen LogP contribution in [0.4, 0.5) is 0 Å². The van der Waals surface area contributed by atoms with Gasteiger partial charge in [0, 0.05) is 18.6 Å². The standard InChI is InChI=1S/C13H30N2O/c1-7-12(5)15(8-2)9-13(6,10-16)14-11(3)4/h11-12,14,16H,7-10H2,1-6H3. The summed E-state index contributed by atoms with van der Waals surface area (Å²) in [4.78, 5) is 2.42. The molecule has 0 rings (SSSR count). The monoisotopic (exact) mass is 230 g/mol. The quantitative estimate of drug-likeness (QED) is 0.668. The zero-order valence-corrected chi connectivity index (χ0v) is 11.9. The van der Waals surface area contributed by atoms with Gasteiger partial charge in [0.2, 0.25) is 0 Å². The predicted molar refractivity (Wildman–Crippen MR) is 70.8 cm³/mol. The Kier molecular flexibility index (Phi) is 7.20. The van der Waals surface area contributed by atoms with Crippen LogP contribution in [0.1, 0.15) is 48.0 Å². The van der Waals surface area contributed by atoms with Gasteiger partial charge in [-0.3, -0.25) is 4.90 Å². The number of nitrogens with one attached hydrogen (secondary N) is 1. The Morgan fingerprint density at radius 1 is 1.25 bits per heavy atom. The van der Waals surface area contributed by atoms with E-state index in [1.54, 1.807) is 0 Å². The minimum absolute atomic E-state index is 0.179. The zero-order chi connectivity index (χ0) is 12.8. The molecule has 2 unspecified atom stereocenters. The molecule has 0 saturated heterocycles. The number of nitrogens with zero attached hydrogens (tertiary/aromatic N) is 1. The summed E-state index contributed by atoms with van der Waals surface area (Å²) in [6.45, 7) is 15.1.